The predicted octanol–water partition coefficient (Wildman–Crippen LogP) is 6.27. The van der Waals surface area contributed by atoms with Crippen LogP contribution in [0.2, 0.25) is 0 Å². The zero-order valence-corrected chi connectivity index (χ0v) is 22.0. The van der Waals surface area contributed by atoms with E-state index < -0.39 is 12.2 Å². The third-order valence-corrected chi connectivity index (χ3v) is 7.47. The fourth-order valence-electron chi connectivity index (χ4n) is 5.24. The van der Waals surface area contributed by atoms with E-state index in [2.05, 4.69) is 42.5 Å². The maximum Gasteiger partial charge on any atom is 0.407 e. The van der Waals surface area contributed by atoms with Gasteiger partial charge in [0.2, 0.25) is 0 Å². The standard InChI is InChI=1S/C33H35NO5/c35-29(15-11-24-6-2-1-3-7-24)23-38-30-16-13-27(14-17-30)31-18-19-34(33(36)37)21-32(31)39-22-25-10-12-26-8-4-5-9-28(26)20-25/h1-10,12-14,16-17,20,29,31-32,35H,11,15,18-19,21-23H2,(H,36,37). The number of aliphatic hydroxyl groups is 1. The normalized spacial score (nSPS) is 18.1. The summed E-state index contributed by atoms with van der Waals surface area (Å²) in [4.78, 5) is 13.1. The number of rotatable bonds is 10. The third-order valence-electron chi connectivity index (χ3n) is 7.47. The Hall–Kier alpha value is -3.87. The second-order valence-electron chi connectivity index (χ2n) is 10.2. The van der Waals surface area contributed by atoms with Gasteiger partial charge in [-0.15, -0.1) is 0 Å². The number of likely N-dealkylation sites (tertiary alicyclic amines) is 1. The second-order valence-corrected chi connectivity index (χ2v) is 10.2. The highest BCUT2D eigenvalue weighted by Gasteiger charge is 2.33. The lowest BCUT2D eigenvalue weighted by Crippen LogP contribution is -2.46. The first kappa shape index (κ1) is 26.7. The molecule has 3 atom stereocenters. The molecule has 1 heterocycles. The molecular formula is C33H35NO5. The van der Waals surface area contributed by atoms with Crippen LogP contribution in [0.25, 0.3) is 10.8 Å². The lowest BCUT2D eigenvalue weighted by Gasteiger charge is -2.37. The van der Waals surface area contributed by atoms with Gasteiger partial charge < -0.3 is 24.6 Å². The number of ether oxygens (including phenoxy) is 2. The molecule has 4 aromatic rings. The summed E-state index contributed by atoms with van der Waals surface area (Å²) >= 11 is 0. The van der Waals surface area contributed by atoms with Gasteiger partial charge in [0.15, 0.2) is 0 Å². The molecule has 0 spiro atoms. The van der Waals surface area contributed by atoms with Crippen LogP contribution < -0.4 is 4.74 Å². The van der Waals surface area contributed by atoms with Crippen molar-refractivity contribution in [2.24, 2.45) is 0 Å². The van der Waals surface area contributed by atoms with E-state index in [1.165, 1.54) is 15.8 Å². The smallest absolute Gasteiger partial charge is 0.407 e. The van der Waals surface area contributed by atoms with Crippen LogP contribution in [0.3, 0.4) is 0 Å². The van der Waals surface area contributed by atoms with E-state index in [0.717, 1.165) is 22.9 Å². The molecule has 6 heteroatoms. The van der Waals surface area contributed by atoms with Crippen molar-refractivity contribution in [2.45, 2.75) is 44.0 Å². The molecule has 4 aromatic carbocycles. The maximum absolute atomic E-state index is 11.7. The molecule has 5 rings (SSSR count). The number of hydrogen-bond donors (Lipinski definition) is 2. The van der Waals surface area contributed by atoms with Gasteiger partial charge in [-0.05, 0) is 64.9 Å². The second kappa shape index (κ2) is 12.8. The number of aliphatic hydroxyl groups excluding tert-OH is 1. The van der Waals surface area contributed by atoms with Crippen molar-refractivity contribution in [3.63, 3.8) is 0 Å². The summed E-state index contributed by atoms with van der Waals surface area (Å²) in [6, 6.07) is 32.5. The van der Waals surface area contributed by atoms with Gasteiger partial charge in [-0.2, -0.15) is 0 Å². The molecule has 2 N–H and O–H groups in total. The van der Waals surface area contributed by atoms with Crippen molar-refractivity contribution in [3.8, 4) is 5.75 Å². The first-order valence-electron chi connectivity index (χ1n) is 13.6. The van der Waals surface area contributed by atoms with Crippen molar-refractivity contribution in [1.29, 1.82) is 0 Å². The number of aryl methyl sites for hydroxylation is 1. The summed E-state index contributed by atoms with van der Waals surface area (Å²) in [5.74, 6) is 0.778. The minimum absolute atomic E-state index is 0.0755. The minimum atomic E-state index is -0.915. The Morgan fingerprint density at radius 3 is 2.41 bits per heavy atom. The van der Waals surface area contributed by atoms with Crippen molar-refractivity contribution in [2.75, 3.05) is 19.7 Å². The molecule has 0 aliphatic carbocycles. The van der Waals surface area contributed by atoms with Gasteiger partial charge in [0.25, 0.3) is 0 Å². The van der Waals surface area contributed by atoms with Crippen molar-refractivity contribution in [3.05, 3.63) is 114 Å². The number of hydrogen-bond acceptors (Lipinski definition) is 4. The first-order chi connectivity index (χ1) is 19.0. The molecular weight excluding hydrogens is 490 g/mol. The van der Waals surface area contributed by atoms with Gasteiger partial charge in [0, 0.05) is 12.5 Å². The fourth-order valence-corrected chi connectivity index (χ4v) is 5.24. The summed E-state index contributed by atoms with van der Waals surface area (Å²) in [7, 11) is 0. The molecule has 1 aliphatic rings. The van der Waals surface area contributed by atoms with E-state index in [4.69, 9.17) is 9.47 Å². The first-order valence-corrected chi connectivity index (χ1v) is 13.6. The lowest BCUT2D eigenvalue weighted by molar-refractivity contribution is -0.0199. The van der Waals surface area contributed by atoms with Gasteiger partial charge in [0.1, 0.15) is 12.4 Å². The topological polar surface area (TPSA) is 79.2 Å². The molecule has 0 bridgehead atoms. The van der Waals surface area contributed by atoms with E-state index in [-0.39, 0.29) is 18.6 Å². The highest BCUT2D eigenvalue weighted by atomic mass is 16.5. The number of amides is 1. The van der Waals surface area contributed by atoms with Gasteiger partial charge in [-0.1, -0.05) is 78.9 Å². The molecule has 1 aliphatic heterocycles. The molecule has 1 fully saturated rings. The fraction of sp³-hybridized carbons (Fsp3) is 0.303. The highest BCUT2D eigenvalue weighted by molar-refractivity contribution is 5.82. The number of carboxylic acid groups (broad SMARTS) is 1. The Bertz CT molecular complexity index is 1360. The Morgan fingerprint density at radius 2 is 1.64 bits per heavy atom. The van der Waals surface area contributed by atoms with Crippen LogP contribution in [-0.4, -0.2) is 53.1 Å². The van der Waals surface area contributed by atoms with E-state index >= 15 is 0 Å². The van der Waals surface area contributed by atoms with Gasteiger partial charge in [-0.3, -0.25) is 0 Å². The van der Waals surface area contributed by atoms with Gasteiger partial charge >= 0.3 is 6.09 Å². The monoisotopic (exact) mass is 525 g/mol. The molecule has 6 nitrogen and oxygen atoms in total. The minimum Gasteiger partial charge on any atom is -0.491 e. The molecule has 1 saturated heterocycles. The van der Waals surface area contributed by atoms with Crippen molar-refractivity contribution >= 4 is 16.9 Å². The van der Waals surface area contributed by atoms with Crippen LogP contribution in [0.1, 0.15) is 35.4 Å². The number of piperidine rings is 1. The van der Waals surface area contributed by atoms with Crippen LogP contribution in [0, 0.1) is 0 Å². The van der Waals surface area contributed by atoms with Crippen LogP contribution in [0.5, 0.6) is 5.75 Å². The van der Waals surface area contributed by atoms with Crippen LogP contribution in [0.4, 0.5) is 4.79 Å². The average molecular weight is 526 g/mol. The average Bonchev–Trinajstić information content (AvgIpc) is 2.98. The molecule has 0 saturated carbocycles. The number of fused-ring (bicyclic) bond motifs is 1. The van der Waals surface area contributed by atoms with E-state index in [0.29, 0.717) is 38.3 Å². The van der Waals surface area contributed by atoms with Crippen LogP contribution in [0.15, 0.2) is 97.1 Å². The van der Waals surface area contributed by atoms with Gasteiger partial charge in [-0.25, -0.2) is 4.79 Å². The lowest BCUT2D eigenvalue weighted by atomic mass is 9.87. The summed E-state index contributed by atoms with van der Waals surface area (Å²) < 4.78 is 12.2. The van der Waals surface area contributed by atoms with Crippen molar-refractivity contribution < 1.29 is 24.5 Å². The van der Waals surface area contributed by atoms with Crippen LogP contribution >= 0.6 is 0 Å². The zero-order valence-electron chi connectivity index (χ0n) is 22.0. The number of benzene rings is 4. The van der Waals surface area contributed by atoms with Gasteiger partial charge in [0.05, 0.1) is 25.4 Å². The third kappa shape index (κ3) is 7.16. The van der Waals surface area contributed by atoms with Crippen molar-refractivity contribution in [1.82, 2.24) is 4.90 Å². The number of carbonyl (C=O) groups is 1. The summed E-state index contributed by atoms with van der Waals surface area (Å²) in [6.45, 7) is 1.46. The molecule has 3 unspecified atom stereocenters. The largest absolute Gasteiger partial charge is 0.491 e. The Morgan fingerprint density at radius 1 is 0.897 bits per heavy atom. The van der Waals surface area contributed by atoms with E-state index in [1.807, 2.05) is 54.6 Å². The molecule has 202 valence electrons. The zero-order chi connectivity index (χ0) is 27.0. The summed E-state index contributed by atoms with van der Waals surface area (Å²) in [5, 5.41) is 22.3. The van der Waals surface area contributed by atoms with Crippen LogP contribution in [-0.2, 0) is 17.8 Å². The highest BCUT2D eigenvalue weighted by Crippen LogP contribution is 2.32. The Balaban J connectivity index is 1.19. The Kier molecular flexibility index (Phi) is 8.76. The van der Waals surface area contributed by atoms with E-state index in [1.54, 1.807) is 0 Å². The van der Waals surface area contributed by atoms with E-state index in [9.17, 15) is 15.0 Å². The molecule has 39 heavy (non-hydrogen) atoms. The Labute approximate surface area is 229 Å². The SMILES string of the molecule is O=C(O)N1CCC(c2ccc(OCC(O)CCc3ccccc3)cc2)C(OCc2ccc3ccccc3c2)C1. The molecule has 0 aromatic heterocycles. The number of nitrogens with zero attached hydrogens (tertiary/aromatic N) is 1. The predicted molar refractivity (Wildman–Crippen MR) is 152 cm³/mol. The quantitative estimate of drug-likeness (QED) is 0.255. The molecule has 1 amide bonds. The maximum atomic E-state index is 11.7. The summed E-state index contributed by atoms with van der Waals surface area (Å²) in [6.07, 6.45) is 0.418. The molecule has 0 radical (unpaired) electrons. The summed E-state index contributed by atoms with van der Waals surface area (Å²) in [5.41, 5.74) is 3.36.